The molecule has 2 N–H and O–H groups in total. The Morgan fingerprint density at radius 2 is 1.47 bits per heavy atom. The molecule has 1 aliphatic heterocycles. The van der Waals surface area contributed by atoms with E-state index in [0.717, 1.165) is 26.5 Å². The Morgan fingerprint density at radius 3 is 2.05 bits per heavy atom. The lowest BCUT2D eigenvalue weighted by Gasteiger charge is -2.39. The van der Waals surface area contributed by atoms with Crippen molar-refractivity contribution in [2.75, 3.05) is 18.0 Å². The van der Waals surface area contributed by atoms with Gasteiger partial charge in [-0.3, -0.25) is 19.4 Å². The van der Waals surface area contributed by atoms with E-state index in [1.54, 1.807) is 36.4 Å². The summed E-state index contributed by atoms with van der Waals surface area (Å²) in [5.74, 6) is -1.54. The van der Waals surface area contributed by atoms with Crippen LogP contribution in [0.1, 0.15) is 22.8 Å². The summed E-state index contributed by atoms with van der Waals surface area (Å²) in [5, 5.41) is 12.0. The molecule has 1 heterocycles. The molecule has 1 aliphatic rings. The van der Waals surface area contributed by atoms with E-state index in [2.05, 4.69) is 5.32 Å². The van der Waals surface area contributed by atoms with Gasteiger partial charge in [0.2, 0.25) is 0 Å². The van der Waals surface area contributed by atoms with Gasteiger partial charge in [0, 0.05) is 11.8 Å². The molecule has 218 valence electrons. The second kappa shape index (κ2) is 13.3. The number of benzene rings is 4. The van der Waals surface area contributed by atoms with Crippen LogP contribution in [-0.4, -0.2) is 53.1 Å². The van der Waals surface area contributed by atoms with Crippen molar-refractivity contribution < 1.29 is 33.8 Å². The minimum absolute atomic E-state index is 0.0242. The van der Waals surface area contributed by atoms with Gasteiger partial charge in [0.1, 0.15) is 31.0 Å². The number of rotatable bonds is 10. The molecule has 0 aromatic heterocycles. The largest absolute Gasteiger partial charge is 0.481 e. The SMILES string of the molecule is O=C(O)CN(C(=O)N1C[C@H](NC(=O)OCc2ccccc2)C1=O)c1cccc(OC(c2ccccc2)c2ccccc2)c1. The topological polar surface area (TPSA) is 125 Å². The van der Waals surface area contributed by atoms with Crippen molar-refractivity contribution in [2.24, 2.45) is 0 Å². The minimum atomic E-state index is -1.27. The molecule has 0 aliphatic carbocycles. The van der Waals surface area contributed by atoms with Gasteiger partial charge in [-0.25, -0.2) is 9.59 Å². The second-order valence-electron chi connectivity index (χ2n) is 9.79. The lowest BCUT2D eigenvalue weighted by molar-refractivity contribution is -0.139. The first-order valence-corrected chi connectivity index (χ1v) is 13.6. The number of ether oxygens (including phenoxy) is 2. The fourth-order valence-corrected chi connectivity index (χ4v) is 4.61. The summed E-state index contributed by atoms with van der Waals surface area (Å²) in [6.07, 6.45) is -1.26. The highest BCUT2D eigenvalue weighted by Crippen LogP contribution is 2.31. The first-order chi connectivity index (χ1) is 20.9. The standard InChI is InChI=1S/C33H29N3O7/c37-29(38)21-35(33(41)36-20-28(31(36)39)34-32(40)42-22-23-11-4-1-5-12-23)26-17-10-18-27(19-26)43-30(24-13-6-2-7-14-24)25-15-8-3-9-16-25/h1-19,28,30H,20-22H2,(H,34,40)(H,37,38)/t28-/m0/s1. The average molecular weight is 580 g/mol. The number of anilines is 1. The number of hydrogen-bond acceptors (Lipinski definition) is 6. The third-order valence-corrected chi connectivity index (χ3v) is 6.78. The van der Waals surface area contributed by atoms with E-state index in [1.807, 2.05) is 78.9 Å². The molecule has 0 saturated carbocycles. The number of urea groups is 1. The predicted molar refractivity (Wildman–Crippen MR) is 157 cm³/mol. The molecular weight excluding hydrogens is 550 g/mol. The molecule has 1 atom stereocenters. The molecular formula is C33H29N3O7. The molecule has 5 rings (SSSR count). The lowest BCUT2D eigenvalue weighted by atomic mass is 10.0. The van der Waals surface area contributed by atoms with Gasteiger partial charge in [-0.2, -0.15) is 0 Å². The van der Waals surface area contributed by atoms with E-state index in [9.17, 15) is 24.3 Å². The van der Waals surface area contributed by atoms with Crippen molar-refractivity contribution in [3.8, 4) is 5.75 Å². The molecule has 0 unspecified atom stereocenters. The number of nitrogens with one attached hydrogen (secondary N) is 1. The molecule has 1 saturated heterocycles. The van der Waals surface area contributed by atoms with Gasteiger partial charge in [-0.15, -0.1) is 0 Å². The number of aliphatic carboxylic acids is 1. The first kappa shape index (κ1) is 28.9. The Balaban J connectivity index is 1.27. The van der Waals surface area contributed by atoms with Gasteiger partial charge in [0.15, 0.2) is 0 Å². The number of carbonyl (C=O) groups excluding carboxylic acids is 3. The number of carbonyl (C=O) groups is 4. The van der Waals surface area contributed by atoms with E-state index in [1.165, 1.54) is 0 Å². The molecule has 10 nitrogen and oxygen atoms in total. The van der Waals surface area contributed by atoms with Crippen molar-refractivity contribution in [2.45, 2.75) is 18.8 Å². The third kappa shape index (κ3) is 7.17. The molecule has 43 heavy (non-hydrogen) atoms. The Bertz CT molecular complexity index is 1540. The van der Waals surface area contributed by atoms with Crippen LogP contribution < -0.4 is 15.0 Å². The Labute approximate surface area is 248 Å². The van der Waals surface area contributed by atoms with Crippen LogP contribution in [0.15, 0.2) is 115 Å². The van der Waals surface area contributed by atoms with Crippen LogP contribution in [0.4, 0.5) is 15.3 Å². The van der Waals surface area contributed by atoms with Crippen LogP contribution in [0.5, 0.6) is 5.75 Å². The van der Waals surface area contributed by atoms with E-state index in [4.69, 9.17) is 9.47 Å². The maximum atomic E-state index is 13.4. The highest BCUT2D eigenvalue weighted by molar-refractivity contribution is 6.10. The van der Waals surface area contributed by atoms with E-state index >= 15 is 0 Å². The first-order valence-electron chi connectivity index (χ1n) is 13.6. The average Bonchev–Trinajstić information content (AvgIpc) is 3.04. The van der Waals surface area contributed by atoms with E-state index < -0.39 is 42.7 Å². The fourth-order valence-electron chi connectivity index (χ4n) is 4.61. The Kier molecular flexibility index (Phi) is 8.96. The van der Waals surface area contributed by atoms with Crippen LogP contribution in [0.3, 0.4) is 0 Å². The second-order valence-corrected chi connectivity index (χ2v) is 9.79. The van der Waals surface area contributed by atoms with Gasteiger partial charge in [-0.05, 0) is 28.8 Å². The summed E-state index contributed by atoms with van der Waals surface area (Å²) < 4.78 is 11.5. The zero-order valence-electron chi connectivity index (χ0n) is 23.0. The van der Waals surface area contributed by atoms with Gasteiger partial charge >= 0.3 is 18.1 Å². The maximum Gasteiger partial charge on any atom is 0.408 e. The highest BCUT2D eigenvalue weighted by Gasteiger charge is 2.44. The summed E-state index contributed by atoms with van der Waals surface area (Å²) >= 11 is 0. The van der Waals surface area contributed by atoms with Crippen LogP contribution >= 0.6 is 0 Å². The fraction of sp³-hybridized carbons (Fsp3) is 0.152. The van der Waals surface area contributed by atoms with Gasteiger partial charge in [0.25, 0.3) is 5.91 Å². The molecule has 0 bridgehead atoms. The van der Waals surface area contributed by atoms with E-state index in [0.29, 0.717) is 5.75 Å². The van der Waals surface area contributed by atoms with E-state index in [-0.39, 0.29) is 18.8 Å². The molecule has 4 amide bonds. The summed E-state index contributed by atoms with van der Waals surface area (Å²) in [6, 6.07) is 33.0. The lowest BCUT2D eigenvalue weighted by Crippen LogP contribution is -2.67. The summed E-state index contributed by atoms with van der Waals surface area (Å²) in [6.45, 7) is -0.797. The zero-order valence-corrected chi connectivity index (χ0v) is 23.0. The Hall–Kier alpha value is -5.64. The zero-order chi connectivity index (χ0) is 30.2. The molecule has 0 radical (unpaired) electrons. The number of alkyl carbamates (subject to hydrolysis) is 1. The quantitative estimate of drug-likeness (QED) is 0.253. The normalized spacial score (nSPS) is 14.0. The smallest absolute Gasteiger partial charge is 0.408 e. The third-order valence-electron chi connectivity index (χ3n) is 6.78. The summed E-state index contributed by atoms with van der Waals surface area (Å²) in [5.41, 5.74) is 2.83. The van der Waals surface area contributed by atoms with Gasteiger partial charge in [-0.1, -0.05) is 97.1 Å². The minimum Gasteiger partial charge on any atom is -0.481 e. The number of imide groups is 1. The molecule has 0 spiro atoms. The highest BCUT2D eigenvalue weighted by atomic mass is 16.5. The van der Waals surface area contributed by atoms with Crippen LogP contribution in [0.2, 0.25) is 0 Å². The van der Waals surface area contributed by atoms with Crippen LogP contribution in [-0.2, 0) is 20.9 Å². The van der Waals surface area contributed by atoms with Gasteiger partial charge in [0.05, 0.1) is 6.54 Å². The summed E-state index contributed by atoms with van der Waals surface area (Å²) in [7, 11) is 0. The maximum absolute atomic E-state index is 13.4. The van der Waals surface area contributed by atoms with Gasteiger partial charge < -0.3 is 19.9 Å². The van der Waals surface area contributed by atoms with Crippen molar-refractivity contribution in [1.82, 2.24) is 10.2 Å². The van der Waals surface area contributed by atoms with Crippen molar-refractivity contribution >= 4 is 29.7 Å². The number of hydrogen-bond donors (Lipinski definition) is 2. The predicted octanol–water partition coefficient (Wildman–Crippen LogP) is 5.00. The summed E-state index contributed by atoms with van der Waals surface area (Å²) in [4.78, 5) is 51.9. The molecule has 4 aromatic rings. The molecule has 1 fully saturated rings. The number of β-lactam (4-membered cyclic amide) rings is 1. The Morgan fingerprint density at radius 1 is 0.860 bits per heavy atom. The monoisotopic (exact) mass is 579 g/mol. The van der Waals surface area contributed by atoms with Crippen LogP contribution in [0, 0.1) is 0 Å². The molecule has 10 heteroatoms. The number of amides is 4. The van der Waals surface area contributed by atoms with Crippen LogP contribution in [0.25, 0.3) is 0 Å². The number of carboxylic acids is 1. The van der Waals surface area contributed by atoms with Crippen molar-refractivity contribution in [3.63, 3.8) is 0 Å². The number of carboxylic acid groups (broad SMARTS) is 1. The number of nitrogens with zero attached hydrogens (tertiary/aromatic N) is 2. The number of likely N-dealkylation sites (tertiary alicyclic amines) is 1. The van der Waals surface area contributed by atoms with Crippen molar-refractivity contribution in [1.29, 1.82) is 0 Å². The molecule has 4 aromatic carbocycles. The van der Waals surface area contributed by atoms with Crippen molar-refractivity contribution in [3.05, 3.63) is 132 Å².